The van der Waals surface area contributed by atoms with Crippen LogP contribution >= 0.6 is 0 Å². The van der Waals surface area contributed by atoms with Gasteiger partial charge in [0.2, 0.25) is 11.6 Å². The number of hydrogen-bond acceptors (Lipinski definition) is 8. The Morgan fingerprint density at radius 3 is 2.58 bits per heavy atom. The van der Waals surface area contributed by atoms with Crippen LogP contribution in [0.5, 0.6) is 0 Å². The molecule has 0 amide bonds. The van der Waals surface area contributed by atoms with Gasteiger partial charge in [-0.25, -0.2) is 18.4 Å². The standard InChI is InChI=1S/C20H20N6O4S/c1-14-8-10-16(11-9-14)31(29,30)24-23-19-18(26(27)28)20(22-13-21-19)25-12-4-6-15-5-2-3-7-17(15)25/h2-3,5,7-11,13,24H,4,6,12H2,1H3,(H,21,22,23). The third-order valence-corrected chi connectivity index (χ3v) is 6.25. The molecule has 3 aromatic rings. The van der Waals surface area contributed by atoms with Crippen molar-refractivity contribution in [1.82, 2.24) is 14.8 Å². The molecule has 2 aromatic carbocycles. The number of para-hydroxylation sites is 1. The lowest BCUT2D eigenvalue weighted by Gasteiger charge is -2.30. The Kier molecular flexibility index (Phi) is 5.53. The van der Waals surface area contributed by atoms with E-state index in [1.54, 1.807) is 17.0 Å². The maximum atomic E-state index is 12.6. The summed E-state index contributed by atoms with van der Waals surface area (Å²) in [6.45, 7) is 2.38. The van der Waals surface area contributed by atoms with Gasteiger partial charge in [-0.3, -0.25) is 15.5 Å². The highest BCUT2D eigenvalue weighted by atomic mass is 32.2. The van der Waals surface area contributed by atoms with Crippen LogP contribution in [-0.2, 0) is 16.4 Å². The molecule has 0 radical (unpaired) electrons. The van der Waals surface area contributed by atoms with Gasteiger partial charge < -0.3 is 4.90 Å². The Labute approximate surface area is 179 Å². The van der Waals surface area contributed by atoms with E-state index in [4.69, 9.17) is 0 Å². The van der Waals surface area contributed by atoms with Crippen molar-refractivity contribution in [3.05, 3.63) is 76.1 Å². The summed E-state index contributed by atoms with van der Waals surface area (Å²) >= 11 is 0. The highest BCUT2D eigenvalue weighted by Crippen LogP contribution is 2.39. The molecule has 2 N–H and O–H groups in total. The first-order valence-electron chi connectivity index (χ1n) is 9.56. The second kappa shape index (κ2) is 8.28. The lowest BCUT2D eigenvalue weighted by atomic mass is 10.0. The van der Waals surface area contributed by atoms with E-state index in [1.807, 2.05) is 31.2 Å². The molecule has 0 atom stereocenters. The molecule has 0 saturated heterocycles. The largest absolute Gasteiger partial charge is 0.355 e. The van der Waals surface area contributed by atoms with Crippen molar-refractivity contribution in [1.29, 1.82) is 0 Å². The first-order valence-corrected chi connectivity index (χ1v) is 11.0. The van der Waals surface area contributed by atoms with Gasteiger partial charge in [0, 0.05) is 12.2 Å². The Morgan fingerprint density at radius 1 is 1.10 bits per heavy atom. The Bertz CT molecular complexity index is 1230. The van der Waals surface area contributed by atoms with Crippen LogP contribution in [0.4, 0.5) is 23.0 Å². The number of sulfonamides is 1. The second-order valence-corrected chi connectivity index (χ2v) is 8.76. The Balaban J connectivity index is 1.68. The number of nitrogens with one attached hydrogen (secondary N) is 2. The summed E-state index contributed by atoms with van der Waals surface area (Å²) in [5, 5.41) is 11.9. The number of nitro groups is 1. The highest BCUT2D eigenvalue weighted by Gasteiger charge is 2.30. The maximum Gasteiger partial charge on any atom is 0.355 e. The van der Waals surface area contributed by atoms with E-state index in [2.05, 4.69) is 20.2 Å². The first kappa shape index (κ1) is 20.7. The van der Waals surface area contributed by atoms with Gasteiger partial charge in [0.1, 0.15) is 6.33 Å². The van der Waals surface area contributed by atoms with Gasteiger partial charge in [0.25, 0.3) is 10.0 Å². The number of hydrogen-bond donors (Lipinski definition) is 2. The van der Waals surface area contributed by atoms with Gasteiger partial charge in [-0.1, -0.05) is 35.9 Å². The molecule has 1 aliphatic rings. The minimum atomic E-state index is -3.96. The minimum Gasteiger partial charge on any atom is -0.320 e. The number of anilines is 3. The number of benzene rings is 2. The number of hydrazine groups is 1. The van der Waals surface area contributed by atoms with Gasteiger partial charge in [0.05, 0.1) is 9.82 Å². The van der Waals surface area contributed by atoms with Crippen LogP contribution in [0.2, 0.25) is 0 Å². The molecule has 2 heterocycles. The second-order valence-electron chi connectivity index (χ2n) is 7.08. The van der Waals surface area contributed by atoms with E-state index < -0.39 is 20.6 Å². The van der Waals surface area contributed by atoms with Crippen molar-refractivity contribution < 1.29 is 13.3 Å². The number of aromatic nitrogens is 2. The molecule has 10 nitrogen and oxygen atoms in total. The summed E-state index contributed by atoms with van der Waals surface area (Å²) in [5.74, 6) is -0.141. The van der Waals surface area contributed by atoms with Crippen LogP contribution < -0.4 is 15.2 Å². The minimum absolute atomic E-state index is 0.0208. The summed E-state index contributed by atoms with van der Waals surface area (Å²) in [4.78, 5) is 23.3. The topological polar surface area (TPSA) is 130 Å². The average Bonchev–Trinajstić information content (AvgIpc) is 2.77. The van der Waals surface area contributed by atoms with Gasteiger partial charge in [-0.05, 0) is 43.5 Å². The predicted molar refractivity (Wildman–Crippen MR) is 116 cm³/mol. The summed E-state index contributed by atoms with van der Waals surface area (Å²) in [5.41, 5.74) is 4.79. The lowest BCUT2D eigenvalue weighted by molar-refractivity contribution is -0.383. The number of aryl methyl sites for hydroxylation is 2. The van der Waals surface area contributed by atoms with E-state index in [0.717, 1.165) is 29.7 Å². The molecular formula is C20H20N6O4S. The number of fused-ring (bicyclic) bond motifs is 1. The molecule has 160 valence electrons. The average molecular weight is 440 g/mol. The van der Waals surface area contributed by atoms with Crippen LogP contribution in [-0.4, -0.2) is 29.9 Å². The third-order valence-electron chi connectivity index (χ3n) is 4.99. The van der Waals surface area contributed by atoms with Crippen molar-refractivity contribution in [3.63, 3.8) is 0 Å². The molecular weight excluding hydrogens is 420 g/mol. The van der Waals surface area contributed by atoms with Crippen molar-refractivity contribution in [2.45, 2.75) is 24.7 Å². The molecule has 0 saturated carbocycles. The molecule has 1 aromatic heterocycles. The normalized spacial score (nSPS) is 13.5. The van der Waals surface area contributed by atoms with Gasteiger partial charge >= 0.3 is 5.69 Å². The van der Waals surface area contributed by atoms with Crippen molar-refractivity contribution in [2.24, 2.45) is 0 Å². The molecule has 1 aliphatic heterocycles. The van der Waals surface area contributed by atoms with E-state index in [0.29, 0.717) is 6.54 Å². The molecule has 31 heavy (non-hydrogen) atoms. The number of rotatable bonds is 6. The summed E-state index contributed by atoms with van der Waals surface area (Å²) in [6, 6.07) is 13.9. The molecule has 0 spiro atoms. The summed E-state index contributed by atoms with van der Waals surface area (Å²) in [6.07, 6.45) is 2.84. The summed E-state index contributed by atoms with van der Waals surface area (Å²) < 4.78 is 25.1. The fraction of sp³-hybridized carbons (Fsp3) is 0.200. The zero-order valence-corrected chi connectivity index (χ0v) is 17.5. The summed E-state index contributed by atoms with van der Waals surface area (Å²) in [7, 11) is -3.96. The van der Waals surface area contributed by atoms with E-state index in [-0.39, 0.29) is 16.5 Å². The van der Waals surface area contributed by atoms with Crippen molar-refractivity contribution >= 4 is 33.0 Å². The molecule has 0 bridgehead atoms. The zero-order valence-electron chi connectivity index (χ0n) is 16.6. The van der Waals surface area contributed by atoms with Crippen LogP contribution in [0.3, 0.4) is 0 Å². The predicted octanol–water partition coefficient (Wildman–Crippen LogP) is 3.08. The van der Waals surface area contributed by atoms with E-state index in [1.165, 1.54) is 18.5 Å². The smallest absolute Gasteiger partial charge is 0.320 e. The maximum absolute atomic E-state index is 12.6. The van der Waals surface area contributed by atoms with Gasteiger partial charge in [0.15, 0.2) is 0 Å². The van der Waals surface area contributed by atoms with Crippen molar-refractivity contribution in [3.8, 4) is 0 Å². The molecule has 4 rings (SSSR count). The van der Waals surface area contributed by atoms with E-state index >= 15 is 0 Å². The zero-order chi connectivity index (χ0) is 22.0. The Morgan fingerprint density at radius 2 is 1.84 bits per heavy atom. The SMILES string of the molecule is Cc1ccc(S(=O)(=O)NNc2ncnc(N3CCCc4ccccc43)c2[N+](=O)[O-])cc1. The molecule has 0 aliphatic carbocycles. The molecule has 0 unspecified atom stereocenters. The van der Waals surface area contributed by atoms with Crippen LogP contribution in [0.15, 0.2) is 59.8 Å². The quantitative estimate of drug-likeness (QED) is 0.442. The highest BCUT2D eigenvalue weighted by molar-refractivity contribution is 7.89. The van der Waals surface area contributed by atoms with E-state index in [9.17, 15) is 18.5 Å². The lowest BCUT2D eigenvalue weighted by Crippen LogP contribution is -2.31. The first-order chi connectivity index (χ1) is 14.9. The molecule has 0 fully saturated rings. The third kappa shape index (κ3) is 4.18. The Hall–Kier alpha value is -3.57. The van der Waals surface area contributed by atoms with Crippen molar-refractivity contribution in [2.75, 3.05) is 16.9 Å². The van der Waals surface area contributed by atoms with Gasteiger partial charge in [-0.2, -0.15) is 0 Å². The number of nitrogens with zero attached hydrogens (tertiary/aromatic N) is 4. The fourth-order valence-electron chi connectivity index (χ4n) is 3.47. The molecule has 11 heteroatoms. The van der Waals surface area contributed by atoms with Crippen LogP contribution in [0, 0.1) is 17.0 Å². The fourth-order valence-corrected chi connectivity index (χ4v) is 4.32. The van der Waals surface area contributed by atoms with Crippen LogP contribution in [0.1, 0.15) is 17.5 Å². The van der Waals surface area contributed by atoms with Crippen LogP contribution in [0.25, 0.3) is 0 Å². The van der Waals surface area contributed by atoms with Gasteiger partial charge in [-0.15, -0.1) is 4.83 Å². The monoisotopic (exact) mass is 440 g/mol.